The molecule has 0 aromatic rings. The van der Waals surface area contributed by atoms with Crippen molar-refractivity contribution in [1.82, 2.24) is 9.80 Å². The Morgan fingerprint density at radius 2 is 1.82 bits per heavy atom. The SMILES string of the molecule is CN1CCN(C(=O)OC(C)(C)C)C2CCCC21. The molecule has 4 nitrogen and oxygen atoms in total. The van der Waals surface area contributed by atoms with Crippen LogP contribution in [0.15, 0.2) is 0 Å². The number of hydrogen-bond acceptors (Lipinski definition) is 3. The summed E-state index contributed by atoms with van der Waals surface area (Å²) in [5.74, 6) is 0. The van der Waals surface area contributed by atoms with Gasteiger partial charge in [0.15, 0.2) is 0 Å². The summed E-state index contributed by atoms with van der Waals surface area (Å²) in [6.07, 6.45) is 3.41. The van der Waals surface area contributed by atoms with Gasteiger partial charge in [-0.1, -0.05) is 0 Å². The van der Waals surface area contributed by atoms with E-state index in [1.165, 1.54) is 12.8 Å². The minimum Gasteiger partial charge on any atom is -0.444 e. The minimum atomic E-state index is -0.394. The fraction of sp³-hybridized carbons (Fsp3) is 0.923. The minimum absolute atomic E-state index is 0.137. The van der Waals surface area contributed by atoms with E-state index in [2.05, 4.69) is 11.9 Å². The van der Waals surface area contributed by atoms with Gasteiger partial charge in [0, 0.05) is 19.1 Å². The van der Waals surface area contributed by atoms with Gasteiger partial charge in [-0.2, -0.15) is 0 Å². The van der Waals surface area contributed by atoms with E-state index in [0.29, 0.717) is 12.1 Å². The Morgan fingerprint density at radius 1 is 1.18 bits per heavy atom. The molecule has 2 rings (SSSR count). The van der Waals surface area contributed by atoms with Gasteiger partial charge in [-0.3, -0.25) is 4.90 Å². The van der Waals surface area contributed by atoms with Crippen molar-refractivity contribution in [3.05, 3.63) is 0 Å². The second-order valence-corrected chi connectivity index (χ2v) is 6.22. The topological polar surface area (TPSA) is 32.8 Å². The van der Waals surface area contributed by atoms with Crippen LogP contribution in [-0.4, -0.2) is 53.7 Å². The second-order valence-electron chi connectivity index (χ2n) is 6.22. The maximum absolute atomic E-state index is 12.1. The number of amides is 1. The van der Waals surface area contributed by atoms with Crippen molar-refractivity contribution >= 4 is 6.09 Å². The number of piperazine rings is 1. The summed E-state index contributed by atoms with van der Waals surface area (Å²) in [6.45, 7) is 7.53. The molecule has 1 aliphatic carbocycles. The molecule has 98 valence electrons. The summed E-state index contributed by atoms with van der Waals surface area (Å²) in [6, 6.07) is 0.903. The first-order valence-electron chi connectivity index (χ1n) is 6.58. The third-order valence-electron chi connectivity index (χ3n) is 3.73. The number of carbonyl (C=O) groups is 1. The Kier molecular flexibility index (Phi) is 3.34. The molecule has 0 radical (unpaired) electrons. The number of rotatable bonds is 0. The maximum atomic E-state index is 12.1. The summed E-state index contributed by atoms with van der Waals surface area (Å²) in [4.78, 5) is 16.5. The average molecular weight is 240 g/mol. The molecule has 2 aliphatic rings. The van der Waals surface area contributed by atoms with Crippen LogP contribution in [0.25, 0.3) is 0 Å². The highest BCUT2D eigenvalue weighted by molar-refractivity contribution is 5.69. The van der Waals surface area contributed by atoms with E-state index < -0.39 is 5.60 Å². The first-order valence-corrected chi connectivity index (χ1v) is 6.58. The Bertz CT molecular complexity index is 298. The Balaban J connectivity index is 2.03. The van der Waals surface area contributed by atoms with Gasteiger partial charge in [-0.15, -0.1) is 0 Å². The summed E-state index contributed by atoms with van der Waals surface area (Å²) >= 11 is 0. The van der Waals surface area contributed by atoms with E-state index in [0.717, 1.165) is 19.5 Å². The summed E-state index contributed by atoms with van der Waals surface area (Å²) in [5.41, 5.74) is -0.394. The highest BCUT2D eigenvalue weighted by atomic mass is 16.6. The van der Waals surface area contributed by atoms with Gasteiger partial charge in [-0.05, 0) is 47.1 Å². The van der Waals surface area contributed by atoms with E-state index in [9.17, 15) is 4.79 Å². The summed E-state index contributed by atoms with van der Waals surface area (Å²) < 4.78 is 5.49. The van der Waals surface area contributed by atoms with Crippen LogP contribution in [0.4, 0.5) is 4.79 Å². The largest absolute Gasteiger partial charge is 0.444 e. The molecule has 0 bridgehead atoms. The predicted octanol–water partition coefficient (Wildman–Crippen LogP) is 2.09. The summed E-state index contributed by atoms with van der Waals surface area (Å²) in [7, 11) is 2.16. The maximum Gasteiger partial charge on any atom is 0.410 e. The van der Waals surface area contributed by atoms with Crippen molar-refractivity contribution in [3.8, 4) is 0 Å². The number of fused-ring (bicyclic) bond motifs is 1. The van der Waals surface area contributed by atoms with Crippen LogP contribution < -0.4 is 0 Å². The van der Waals surface area contributed by atoms with Crippen molar-refractivity contribution in [2.24, 2.45) is 0 Å². The lowest BCUT2D eigenvalue weighted by Gasteiger charge is -2.43. The predicted molar refractivity (Wildman–Crippen MR) is 67.0 cm³/mol. The van der Waals surface area contributed by atoms with E-state index >= 15 is 0 Å². The van der Waals surface area contributed by atoms with Gasteiger partial charge in [0.05, 0.1) is 6.04 Å². The fourth-order valence-corrected chi connectivity index (χ4v) is 2.94. The van der Waals surface area contributed by atoms with Crippen molar-refractivity contribution in [2.45, 2.75) is 57.7 Å². The second kappa shape index (κ2) is 4.48. The van der Waals surface area contributed by atoms with E-state index in [-0.39, 0.29) is 6.09 Å². The zero-order valence-electron chi connectivity index (χ0n) is 11.4. The molecule has 1 saturated heterocycles. The number of carbonyl (C=O) groups excluding carboxylic acids is 1. The Morgan fingerprint density at radius 3 is 2.47 bits per heavy atom. The number of nitrogens with zero attached hydrogens (tertiary/aromatic N) is 2. The average Bonchev–Trinajstić information content (AvgIpc) is 2.64. The molecular weight excluding hydrogens is 216 g/mol. The Hall–Kier alpha value is -0.770. The Labute approximate surface area is 104 Å². The van der Waals surface area contributed by atoms with Crippen LogP contribution >= 0.6 is 0 Å². The molecule has 2 unspecified atom stereocenters. The van der Waals surface area contributed by atoms with Crippen molar-refractivity contribution in [3.63, 3.8) is 0 Å². The zero-order valence-corrected chi connectivity index (χ0v) is 11.4. The number of ether oxygens (including phenoxy) is 1. The van der Waals surface area contributed by atoms with Crippen molar-refractivity contribution < 1.29 is 9.53 Å². The smallest absolute Gasteiger partial charge is 0.410 e. The molecule has 0 aromatic heterocycles. The van der Waals surface area contributed by atoms with Crippen LogP contribution in [0.5, 0.6) is 0 Å². The molecule has 1 heterocycles. The third-order valence-corrected chi connectivity index (χ3v) is 3.73. The lowest BCUT2D eigenvalue weighted by molar-refractivity contribution is -0.00775. The standard InChI is InChI=1S/C13H24N2O2/c1-13(2,3)17-12(16)15-9-8-14(4)10-6-5-7-11(10)15/h10-11H,5-9H2,1-4H3. The molecule has 1 amide bonds. The molecular formula is C13H24N2O2. The monoisotopic (exact) mass is 240 g/mol. The van der Waals surface area contributed by atoms with E-state index in [1.807, 2.05) is 25.7 Å². The van der Waals surface area contributed by atoms with Gasteiger partial charge in [0.1, 0.15) is 5.60 Å². The lowest BCUT2D eigenvalue weighted by atomic mass is 10.1. The molecule has 1 aliphatic heterocycles. The van der Waals surface area contributed by atoms with Gasteiger partial charge in [0.25, 0.3) is 0 Å². The number of hydrogen-bond donors (Lipinski definition) is 0. The first kappa shape index (κ1) is 12.7. The van der Waals surface area contributed by atoms with Crippen LogP contribution in [0.3, 0.4) is 0 Å². The van der Waals surface area contributed by atoms with Crippen molar-refractivity contribution in [1.29, 1.82) is 0 Å². The van der Waals surface area contributed by atoms with Gasteiger partial charge < -0.3 is 9.64 Å². The molecule has 17 heavy (non-hydrogen) atoms. The first-order chi connectivity index (χ1) is 7.88. The molecule has 2 fully saturated rings. The van der Waals surface area contributed by atoms with Gasteiger partial charge >= 0.3 is 6.09 Å². The van der Waals surface area contributed by atoms with Crippen LogP contribution in [-0.2, 0) is 4.74 Å². The third kappa shape index (κ3) is 2.73. The molecule has 0 spiro atoms. The molecule has 2 atom stereocenters. The molecule has 4 heteroatoms. The zero-order chi connectivity index (χ0) is 12.6. The molecule has 0 aromatic carbocycles. The van der Waals surface area contributed by atoms with E-state index in [4.69, 9.17) is 4.74 Å². The highest BCUT2D eigenvalue weighted by Crippen LogP contribution is 2.31. The summed E-state index contributed by atoms with van der Waals surface area (Å²) in [5, 5.41) is 0. The normalized spacial score (nSPS) is 30.2. The van der Waals surface area contributed by atoms with Gasteiger partial charge in [-0.25, -0.2) is 4.79 Å². The quantitative estimate of drug-likeness (QED) is 0.650. The van der Waals surface area contributed by atoms with Crippen LogP contribution in [0, 0.1) is 0 Å². The highest BCUT2D eigenvalue weighted by Gasteiger charge is 2.41. The van der Waals surface area contributed by atoms with E-state index in [1.54, 1.807) is 0 Å². The molecule has 1 saturated carbocycles. The fourth-order valence-electron chi connectivity index (χ4n) is 2.94. The number of likely N-dealkylation sites (N-methyl/N-ethyl adjacent to an activating group) is 1. The lowest BCUT2D eigenvalue weighted by Crippen LogP contribution is -2.58. The van der Waals surface area contributed by atoms with Crippen molar-refractivity contribution in [2.75, 3.05) is 20.1 Å². The molecule has 0 N–H and O–H groups in total. The van der Waals surface area contributed by atoms with Crippen LogP contribution in [0.2, 0.25) is 0 Å². The van der Waals surface area contributed by atoms with Crippen LogP contribution in [0.1, 0.15) is 40.0 Å². The van der Waals surface area contributed by atoms with Gasteiger partial charge in [0.2, 0.25) is 0 Å².